The Bertz CT molecular complexity index is 2580. The van der Waals surface area contributed by atoms with E-state index in [9.17, 15) is 0 Å². The van der Waals surface area contributed by atoms with Gasteiger partial charge in [0.1, 0.15) is 55.6 Å². The van der Waals surface area contributed by atoms with E-state index in [0.717, 1.165) is 16.7 Å². The second-order valence-electron chi connectivity index (χ2n) is 14.2. The third-order valence-corrected chi connectivity index (χ3v) is 16.3. The van der Waals surface area contributed by atoms with E-state index in [0.29, 0.717) is 0 Å². The van der Waals surface area contributed by atoms with Gasteiger partial charge >= 0.3 is 33.9 Å². The zero-order chi connectivity index (χ0) is 49.0. The number of benzene rings is 9. The molecule has 0 fully saturated rings. The van der Waals surface area contributed by atoms with Crippen molar-refractivity contribution in [3.63, 3.8) is 0 Å². The molecule has 0 heterocycles. The van der Waals surface area contributed by atoms with E-state index in [1.807, 2.05) is 54.6 Å². The van der Waals surface area contributed by atoms with Crippen LogP contribution in [0.25, 0.3) is 0 Å². The first-order valence-electron chi connectivity index (χ1n) is 21.6. The molecular formula is C63H48O3P3W+3. The summed E-state index contributed by atoms with van der Waals surface area (Å²) in [5.41, 5.74) is 13.8. The van der Waals surface area contributed by atoms with E-state index in [1.165, 1.54) is 31.8 Å². The van der Waals surface area contributed by atoms with Gasteiger partial charge in [0.15, 0.2) is 0 Å². The smallest absolute Gasteiger partial charge is 0 e. The molecule has 0 bridgehead atoms. The van der Waals surface area contributed by atoms with Crippen molar-refractivity contribution in [3.05, 3.63) is 310 Å². The third kappa shape index (κ3) is 20.2. The van der Waals surface area contributed by atoms with Crippen molar-refractivity contribution in [2.45, 2.75) is 0 Å². The van der Waals surface area contributed by atoms with Gasteiger partial charge in [-0.1, -0.05) is 164 Å². The summed E-state index contributed by atoms with van der Waals surface area (Å²) in [6, 6.07) is 94.2. The fourth-order valence-corrected chi connectivity index (χ4v) is 12.4. The minimum Gasteiger partial charge on any atom is 0 e. The van der Waals surface area contributed by atoms with Gasteiger partial charge in [-0.25, -0.2) is 0 Å². The van der Waals surface area contributed by atoms with Crippen molar-refractivity contribution in [1.29, 1.82) is 0 Å². The van der Waals surface area contributed by atoms with Crippen molar-refractivity contribution in [2.75, 3.05) is 0 Å². The summed E-state index contributed by atoms with van der Waals surface area (Å²) in [6.45, 7) is 13.5. The van der Waals surface area contributed by atoms with Crippen LogP contribution >= 0.6 is 23.8 Å². The number of hydrogen-bond donors (Lipinski definition) is 0. The van der Waals surface area contributed by atoms with Crippen molar-refractivity contribution in [1.82, 2.24) is 0 Å². The first-order chi connectivity index (χ1) is 34.3. The molecule has 0 aliphatic rings. The van der Waals surface area contributed by atoms with Crippen LogP contribution in [0.1, 0.15) is 16.7 Å². The summed E-state index contributed by atoms with van der Waals surface area (Å²) in [5, 5.41) is 7.98. The Kier molecular flexibility index (Phi) is 29.3. The first-order valence-corrected chi connectivity index (χ1v) is 26.1. The van der Waals surface area contributed by atoms with Crippen LogP contribution in [0.3, 0.4) is 0 Å². The Labute approximate surface area is 432 Å². The van der Waals surface area contributed by atoms with E-state index in [4.69, 9.17) is 14.0 Å². The van der Waals surface area contributed by atoms with Gasteiger partial charge in [-0.2, -0.15) is 0 Å². The fourth-order valence-electron chi connectivity index (χ4n) is 6.53. The Morgan fingerprint density at radius 1 is 0.214 bits per heavy atom. The normalized spacial score (nSPS) is 9.04. The van der Waals surface area contributed by atoms with Gasteiger partial charge in [0.25, 0.3) is 0 Å². The predicted octanol–water partition coefficient (Wildman–Crippen LogP) is 11.5. The number of hydrogen-bond acceptors (Lipinski definition) is 0. The van der Waals surface area contributed by atoms with Crippen LogP contribution in [0.15, 0.2) is 273 Å². The van der Waals surface area contributed by atoms with Gasteiger partial charge in [-0.05, 0) is 127 Å². The van der Waals surface area contributed by atoms with Crippen LogP contribution < -0.4 is 31.8 Å². The van der Waals surface area contributed by atoms with Crippen molar-refractivity contribution >= 4 is 55.6 Å². The van der Waals surface area contributed by atoms with Gasteiger partial charge in [0.05, 0.1) is 17.0 Å². The van der Waals surface area contributed by atoms with Crippen LogP contribution in [0.2, 0.25) is 0 Å². The molecule has 0 aliphatic carbocycles. The molecule has 0 unspecified atom stereocenters. The Hall–Kier alpha value is -7.14. The molecule has 70 heavy (non-hydrogen) atoms. The van der Waals surface area contributed by atoms with Gasteiger partial charge in [-0.15, -0.1) is 0 Å². The molecule has 0 aromatic heterocycles. The second-order valence-corrected chi connectivity index (χ2v) is 20.6. The summed E-state index contributed by atoms with van der Waals surface area (Å²) in [6.07, 6.45) is 0. The summed E-state index contributed by atoms with van der Waals surface area (Å²) in [5.74, 6) is 10.0. The predicted molar refractivity (Wildman–Crippen MR) is 293 cm³/mol. The standard InChI is InChI=1S/3C20H15P.3CO.W/c3*1-4-10-18(11-5-1)16-17-21(19-12-6-2-7-13-19)20-14-8-3-9-15-20;3*1-2;/h3*1-15H;;;;/p+3. The average molecular weight is 1130 g/mol. The summed E-state index contributed by atoms with van der Waals surface area (Å²) in [4.78, 5) is 0. The average Bonchev–Trinajstić information content (AvgIpc) is 3.46. The molecule has 336 valence electrons. The minimum atomic E-state index is -1.06. The Morgan fingerprint density at radius 2 is 0.343 bits per heavy atom. The quantitative estimate of drug-likeness (QED) is 0.0690. The summed E-state index contributed by atoms with van der Waals surface area (Å²) in [7, 11) is -3.18. The number of rotatable bonds is 6. The maximum absolute atomic E-state index is 7.50. The SMILES string of the molecule is C(#C[PH+](c1ccccc1)c1ccccc1)c1ccccc1.C(#C[PH+](c1ccccc1)c1ccccc1)c1ccccc1.C(#C[PH+](c1ccccc1)c1ccccc1)c1ccccc1.[C-]#[O+].[C-]#[O+].[C-]#[O+].[W]. The Balaban J connectivity index is 0.000000261. The fraction of sp³-hybridized carbons (Fsp3) is 0. The molecule has 0 saturated carbocycles. The molecule has 0 N–H and O–H groups in total. The van der Waals surface area contributed by atoms with Gasteiger partial charge < -0.3 is 0 Å². The van der Waals surface area contributed by atoms with Crippen LogP contribution in [0, 0.1) is 54.7 Å². The van der Waals surface area contributed by atoms with E-state index >= 15 is 0 Å². The van der Waals surface area contributed by atoms with E-state index in [2.05, 4.69) is 273 Å². The summed E-state index contributed by atoms with van der Waals surface area (Å²) >= 11 is 0. The minimum absolute atomic E-state index is 0. The van der Waals surface area contributed by atoms with Crippen molar-refractivity contribution < 1.29 is 35.0 Å². The molecule has 9 aromatic carbocycles. The van der Waals surface area contributed by atoms with E-state index in [-0.39, 0.29) is 21.1 Å². The molecule has 0 spiro atoms. The van der Waals surface area contributed by atoms with Crippen LogP contribution in [-0.2, 0) is 35.0 Å². The van der Waals surface area contributed by atoms with Crippen LogP contribution in [0.5, 0.6) is 0 Å². The monoisotopic (exact) mass is 1130 g/mol. The molecule has 7 heteroatoms. The van der Waals surface area contributed by atoms with Crippen LogP contribution in [0.4, 0.5) is 0 Å². The largest absolute Gasteiger partial charge is 0 e. The second kappa shape index (κ2) is 35.9. The molecule has 0 saturated heterocycles. The molecule has 9 aromatic rings. The Morgan fingerprint density at radius 3 is 0.486 bits per heavy atom. The summed E-state index contributed by atoms with van der Waals surface area (Å²) < 4.78 is 22.5. The zero-order valence-electron chi connectivity index (χ0n) is 38.1. The van der Waals surface area contributed by atoms with Gasteiger partial charge in [-0.3, -0.25) is 0 Å². The molecule has 3 nitrogen and oxygen atoms in total. The molecule has 0 radical (unpaired) electrons. The zero-order valence-corrected chi connectivity index (χ0v) is 44.0. The maximum atomic E-state index is 7.50. The topological polar surface area (TPSA) is 59.7 Å². The first kappa shape index (κ1) is 57.2. The van der Waals surface area contributed by atoms with Gasteiger partial charge in [0.2, 0.25) is 0 Å². The maximum Gasteiger partial charge on any atom is 0 e. The van der Waals surface area contributed by atoms with E-state index < -0.39 is 23.8 Å². The molecule has 9 rings (SSSR count). The van der Waals surface area contributed by atoms with E-state index in [1.54, 1.807) is 0 Å². The molecule has 0 aliphatic heterocycles. The van der Waals surface area contributed by atoms with Crippen molar-refractivity contribution in [3.8, 4) is 34.7 Å². The molecule has 0 amide bonds. The van der Waals surface area contributed by atoms with Crippen LogP contribution in [-0.4, -0.2) is 0 Å². The van der Waals surface area contributed by atoms with Crippen molar-refractivity contribution in [2.24, 2.45) is 0 Å². The third-order valence-electron chi connectivity index (χ3n) is 9.69. The molecule has 0 atom stereocenters. The molecular weight excluding hydrogens is 1080 g/mol. The van der Waals surface area contributed by atoms with Gasteiger partial charge in [0, 0.05) is 37.8 Å².